The van der Waals surface area contributed by atoms with Gasteiger partial charge in [0.1, 0.15) is 16.4 Å². The second-order valence-electron chi connectivity index (χ2n) is 3.85. The molecule has 0 aliphatic carbocycles. The van der Waals surface area contributed by atoms with Crippen molar-refractivity contribution in [2.75, 3.05) is 5.75 Å². The molecule has 0 radical (unpaired) electrons. The Kier molecular flexibility index (Phi) is 6.11. The lowest BCUT2D eigenvalue weighted by Crippen LogP contribution is -2.00. The molecule has 0 spiro atoms. The number of aryl methyl sites for hydroxylation is 1. The molecule has 0 saturated carbocycles. The van der Waals surface area contributed by atoms with Crippen LogP contribution in [0.2, 0.25) is 0 Å². The number of thiophene rings is 1. The van der Waals surface area contributed by atoms with Gasteiger partial charge in [0.15, 0.2) is 27.1 Å². The van der Waals surface area contributed by atoms with Crippen LogP contribution in [0.3, 0.4) is 0 Å². The quantitative estimate of drug-likeness (QED) is 0.294. The smallest absolute Gasteiger partial charge is 0.313 e. The maximum absolute atomic E-state index is 10.8. The van der Waals surface area contributed by atoms with E-state index >= 15 is 0 Å². The second kappa shape index (κ2) is 7.84. The first kappa shape index (κ1) is 16.4. The molecule has 2 rings (SSSR count). The highest BCUT2D eigenvalue weighted by Crippen LogP contribution is 2.32. The van der Waals surface area contributed by atoms with Crippen molar-refractivity contribution < 1.29 is 9.90 Å². The largest absolute Gasteiger partial charge is 0.481 e. The first-order valence-electron chi connectivity index (χ1n) is 5.95. The summed E-state index contributed by atoms with van der Waals surface area (Å²) in [6, 6.07) is 2.02. The lowest BCUT2D eigenvalue weighted by molar-refractivity contribution is -0.133. The second-order valence-corrected chi connectivity index (χ2v) is 7.53. The zero-order valence-electron chi connectivity index (χ0n) is 11.0. The summed E-state index contributed by atoms with van der Waals surface area (Å²) in [5.41, 5.74) is 6.76. The van der Waals surface area contributed by atoms with Gasteiger partial charge in [-0.15, -0.1) is 14.7 Å². The number of halogens is 1. The van der Waals surface area contributed by atoms with Gasteiger partial charge in [0.2, 0.25) is 0 Å². The number of hydrogen-bond donors (Lipinski definition) is 2. The highest BCUT2D eigenvalue weighted by Gasteiger charge is 2.13. The predicted molar refractivity (Wildman–Crippen MR) is 90.5 cm³/mol. The number of carboxylic acid groups (broad SMARTS) is 1. The standard InChI is InChI=1S/C11H12IN5O2S2/c1-2-6-3-7-10(20-5-9(18)19)15-8(4-14-12-17-13)16-11(7)21-6/h3,13H,2,4-5H2,1H3,(H,18,19). The molecule has 2 heterocycles. The van der Waals surface area contributed by atoms with Crippen molar-refractivity contribution in [1.29, 1.82) is 5.53 Å². The molecule has 0 atom stereocenters. The summed E-state index contributed by atoms with van der Waals surface area (Å²) in [6.07, 6.45) is 0.910. The highest BCUT2D eigenvalue weighted by molar-refractivity contribution is 14.1. The van der Waals surface area contributed by atoms with Gasteiger partial charge in [-0.05, 0) is 12.5 Å². The van der Waals surface area contributed by atoms with Crippen LogP contribution in [0.25, 0.3) is 10.2 Å². The van der Waals surface area contributed by atoms with Crippen LogP contribution in [0.15, 0.2) is 17.6 Å². The van der Waals surface area contributed by atoms with Crippen molar-refractivity contribution >= 4 is 60.6 Å². The van der Waals surface area contributed by atoms with Crippen LogP contribution < -0.4 is 0 Å². The summed E-state index contributed by atoms with van der Waals surface area (Å²) in [5.74, 6) is -0.347. The number of carboxylic acids is 1. The topological polar surface area (TPSA) is 112 Å². The van der Waals surface area contributed by atoms with Gasteiger partial charge in [-0.2, -0.15) is 5.53 Å². The van der Waals surface area contributed by atoms with Crippen LogP contribution in [0.5, 0.6) is 0 Å². The van der Waals surface area contributed by atoms with Crippen molar-refractivity contribution in [3.8, 4) is 0 Å². The van der Waals surface area contributed by atoms with Gasteiger partial charge < -0.3 is 5.11 Å². The van der Waals surface area contributed by atoms with E-state index in [-0.39, 0.29) is 5.75 Å². The van der Waals surface area contributed by atoms with Crippen molar-refractivity contribution in [2.45, 2.75) is 24.9 Å². The number of aliphatic carboxylic acids is 1. The van der Waals surface area contributed by atoms with E-state index in [1.807, 2.05) is 6.07 Å². The third kappa shape index (κ3) is 4.48. The van der Waals surface area contributed by atoms with Crippen LogP contribution in [-0.4, -0.2) is 26.8 Å². The van der Waals surface area contributed by atoms with Gasteiger partial charge in [-0.1, -0.05) is 18.7 Å². The summed E-state index contributed by atoms with van der Waals surface area (Å²) < 4.78 is 7.41. The van der Waals surface area contributed by atoms with Gasteiger partial charge in [0, 0.05) is 10.3 Å². The van der Waals surface area contributed by atoms with Gasteiger partial charge in [-0.25, -0.2) is 13.1 Å². The zero-order chi connectivity index (χ0) is 15.2. The fourth-order valence-corrected chi connectivity index (χ4v) is 3.98. The number of thioether (sulfide) groups is 1. The predicted octanol–water partition coefficient (Wildman–Crippen LogP) is 4.03. The molecule has 2 N–H and O–H groups in total. The minimum Gasteiger partial charge on any atom is -0.481 e. The van der Waals surface area contributed by atoms with Crippen molar-refractivity contribution in [1.82, 2.24) is 9.97 Å². The van der Waals surface area contributed by atoms with E-state index < -0.39 is 27.3 Å². The monoisotopic (exact) mass is 437 g/mol. The van der Waals surface area contributed by atoms with E-state index in [0.29, 0.717) is 17.4 Å². The number of aromatic nitrogens is 2. The maximum atomic E-state index is 10.8. The molecule has 0 fully saturated rings. The van der Waals surface area contributed by atoms with Gasteiger partial charge in [0.05, 0.1) is 5.75 Å². The average Bonchev–Trinajstić information content (AvgIpc) is 2.88. The van der Waals surface area contributed by atoms with Crippen LogP contribution >= 0.6 is 44.4 Å². The molecule has 2 aromatic heterocycles. The van der Waals surface area contributed by atoms with Crippen LogP contribution in [0.1, 0.15) is 17.6 Å². The van der Waals surface area contributed by atoms with Crippen LogP contribution in [-0.2, 0) is 17.8 Å². The zero-order valence-corrected chi connectivity index (χ0v) is 14.8. The Morgan fingerprint density at radius 3 is 3.05 bits per heavy atom. The molecule has 0 saturated heterocycles. The lowest BCUT2D eigenvalue weighted by Gasteiger charge is -2.02. The van der Waals surface area contributed by atoms with E-state index in [1.165, 1.54) is 16.6 Å². The first-order valence-corrected chi connectivity index (χ1v) is 9.68. The Hall–Kier alpha value is -1.01. The number of carbonyl (C=O) groups is 1. The Labute approximate surface area is 139 Å². The molecule has 21 heavy (non-hydrogen) atoms. The van der Waals surface area contributed by atoms with E-state index in [4.69, 9.17) is 10.6 Å². The minimum absolute atomic E-state index is 0.0328. The van der Waals surface area contributed by atoms with E-state index in [0.717, 1.165) is 16.6 Å². The third-order valence-electron chi connectivity index (χ3n) is 2.43. The highest BCUT2D eigenvalue weighted by atomic mass is 127. The molecular formula is C11H12IN5O2S2. The summed E-state index contributed by atoms with van der Waals surface area (Å²) in [4.78, 5) is 21.7. The molecule has 2 aromatic rings. The summed E-state index contributed by atoms with van der Waals surface area (Å²) in [5, 5.41) is 10.4. The molecule has 7 nitrogen and oxygen atoms in total. The van der Waals surface area contributed by atoms with Crippen molar-refractivity contribution in [3.63, 3.8) is 0 Å². The summed E-state index contributed by atoms with van der Waals surface area (Å²) in [7, 11) is 0. The number of nitrogens with zero attached hydrogens (tertiary/aromatic N) is 4. The number of rotatable bonds is 7. The molecule has 112 valence electrons. The number of fused-ring (bicyclic) bond motifs is 1. The van der Waals surface area contributed by atoms with Gasteiger partial charge >= 0.3 is 5.97 Å². The molecule has 0 aromatic carbocycles. The van der Waals surface area contributed by atoms with E-state index in [9.17, 15) is 4.79 Å². The average molecular weight is 437 g/mol. The Morgan fingerprint density at radius 2 is 2.38 bits per heavy atom. The Morgan fingerprint density at radius 1 is 1.57 bits per heavy atom. The van der Waals surface area contributed by atoms with Gasteiger partial charge in [0.25, 0.3) is 0 Å². The van der Waals surface area contributed by atoms with Crippen LogP contribution in [0.4, 0.5) is 0 Å². The SMILES string of the molecule is CCc1cc2c(SCC(=O)O)nc(CN=IN=N)nc2s1. The molecule has 0 bridgehead atoms. The molecule has 0 amide bonds. The Balaban J connectivity index is 2.39. The van der Waals surface area contributed by atoms with Crippen LogP contribution in [0, 0.1) is 5.53 Å². The molecular weight excluding hydrogens is 425 g/mol. The minimum atomic E-state index is -0.872. The van der Waals surface area contributed by atoms with Crippen molar-refractivity contribution in [3.05, 3.63) is 16.8 Å². The fourth-order valence-electron chi connectivity index (χ4n) is 1.58. The van der Waals surface area contributed by atoms with E-state index in [2.05, 4.69) is 23.4 Å². The lowest BCUT2D eigenvalue weighted by atomic mass is 10.3. The van der Waals surface area contributed by atoms with Crippen molar-refractivity contribution in [2.24, 2.45) is 6.47 Å². The van der Waals surface area contributed by atoms with Gasteiger partial charge in [-0.3, -0.25) is 4.79 Å². The number of nitrogens with one attached hydrogen (secondary N) is 1. The number of hydrogen-bond acceptors (Lipinski definition) is 7. The third-order valence-corrected chi connectivity index (χ3v) is 5.44. The fraction of sp³-hybridized carbons (Fsp3) is 0.364. The molecule has 0 unspecified atom stereocenters. The Bertz CT molecular complexity index is 703. The normalized spacial score (nSPS) is 11.7. The first-order chi connectivity index (χ1) is 10.1. The summed E-state index contributed by atoms with van der Waals surface area (Å²) >= 11 is 1.96. The molecule has 0 aliphatic rings. The molecule has 10 heteroatoms. The summed E-state index contributed by atoms with van der Waals surface area (Å²) in [6.45, 7) is 2.39. The van der Waals surface area contributed by atoms with E-state index in [1.54, 1.807) is 11.3 Å². The maximum Gasteiger partial charge on any atom is 0.313 e. The molecule has 0 aliphatic heterocycles.